The third-order valence-electron chi connectivity index (χ3n) is 3.92. The first-order chi connectivity index (χ1) is 13.2. The molecule has 0 aliphatic heterocycles. The molecule has 0 bridgehead atoms. The average Bonchev–Trinajstić information content (AvgIpc) is 2.62. The highest BCUT2D eigenvalue weighted by Crippen LogP contribution is 2.34. The van der Waals surface area contributed by atoms with Gasteiger partial charge < -0.3 is 10.6 Å². The Hall–Kier alpha value is -3.16. The van der Waals surface area contributed by atoms with Crippen LogP contribution in [0.5, 0.6) is 0 Å². The molecule has 0 fully saturated rings. The number of anilines is 3. The van der Waals surface area contributed by atoms with Gasteiger partial charge in [0, 0.05) is 35.8 Å². The van der Waals surface area contributed by atoms with Gasteiger partial charge in [0.15, 0.2) is 0 Å². The van der Waals surface area contributed by atoms with E-state index in [1.54, 1.807) is 30.6 Å². The first-order valence-corrected chi connectivity index (χ1v) is 8.73. The molecule has 3 aromatic rings. The van der Waals surface area contributed by atoms with Gasteiger partial charge in [-0.15, -0.1) is 0 Å². The first-order valence-electron chi connectivity index (χ1n) is 8.73. The van der Waals surface area contributed by atoms with E-state index in [9.17, 15) is 13.2 Å². The second-order valence-electron chi connectivity index (χ2n) is 6.66. The zero-order valence-corrected chi connectivity index (χ0v) is 15.7. The summed E-state index contributed by atoms with van der Waals surface area (Å²) in [7, 11) is 0. The summed E-state index contributed by atoms with van der Waals surface area (Å²) in [4.78, 5) is 12.9. The van der Waals surface area contributed by atoms with Crippen molar-refractivity contribution in [2.24, 2.45) is 0 Å². The van der Waals surface area contributed by atoms with Crippen molar-refractivity contribution in [2.75, 3.05) is 10.6 Å². The van der Waals surface area contributed by atoms with Crippen molar-refractivity contribution in [3.05, 3.63) is 59.9 Å². The minimum absolute atomic E-state index is 0.0909. The maximum Gasteiger partial charge on any atom is 0.416 e. The molecule has 2 heterocycles. The van der Waals surface area contributed by atoms with Crippen LogP contribution in [0.15, 0.2) is 48.8 Å². The highest BCUT2D eigenvalue weighted by Gasteiger charge is 2.32. The molecule has 0 aliphatic rings. The fraction of sp³-hybridized carbons (Fsp3) is 0.250. The maximum atomic E-state index is 13.2. The summed E-state index contributed by atoms with van der Waals surface area (Å²) in [6.45, 7) is 5.33. The van der Waals surface area contributed by atoms with E-state index in [-0.39, 0.29) is 11.6 Å². The second-order valence-corrected chi connectivity index (χ2v) is 6.66. The minimum Gasteiger partial charge on any atom is -0.352 e. The van der Waals surface area contributed by atoms with Crippen molar-refractivity contribution in [3.8, 4) is 11.3 Å². The number of hydrogen-bond acceptors (Lipinski definition) is 5. The molecule has 8 heteroatoms. The molecule has 5 nitrogen and oxygen atoms in total. The highest BCUT2D eigenvalue weighted by atomic mass is 19.4. The van der Waals surface area contributed by atoms with Crippen molar-refractivity contribution < 1.29 is 13.2 Å². The summed E-state index contributed by atoms with van der Waals surface area (Å²) in [5.74, 6) is 0.760. The molecule has 2 N–H and O–H groups in total. The summed E-state index contributed by atoms with van der Waals surface area (Å²) < 4.78 is 39.6. The van der Waals surface area contributed by atoms with E-state index >= 15 is 0 Å². The van der Waals surface area contributed by atoms with Gasteiger partial charge in [0.05, 0.1) is 11.3 Å². The molecular formula is C20H20F3N5. The molecule has 0 amide bonds. The number of rotatable bonds is 5. The van der Waals surface area contributed by atoms with E-state index in [1.165, 1.54) is 13.0 Å². The van der Waals surface area contributed by atoms with E-state index in [1.807, 2.05) is 19.9 Å². The van der Waals surface area contributed by atoms with Crippen LogP contribution in [0.1, 0.15) is 25.0 Å². The molecule has 0 atom stereocenters. The number of halogens is 3. The molecule has 28 heavy (non-hydrogen) atoms. The van der Waals surface area contributed by atoms with Crippen LogP contribution >= 0.6 is 0 Å². The summed E-state index contributed by atoms with van der Waals surface area (Å²) in [6.07, 6.45) is -1.10. The second kappa shape index (κ2) is 7.84. The van der Waals surface area contributed by atoms with Crippen LogP contribution in [0, 0.1) is 6.92 Å². The van der Waals surface area contributed by atoms with Gasteiger partial charge in [-0.25, -0.2) is 4.98 Å². The predicted octanol–water partition coefficient (Wildman–Crippen LogP) is 5.43. The topological polar surface area (TPSA) is 62.7 Å². The van der Waals surface area contributed by atoms with E-state index in [0.29, 0.717) is 23.1 Å². The highest BCUT2D eigenvalue weighted by molar-refractivity contribution is 5.67. The van der Waals surface area contributed by atoms with Crippen LogP contribution < -0.4 is 10.6 Å². The molecule has 0 aliphatic carbocycles. The zero-order valence-electron chi connectivity index (χ0n) is 15.7. The van der Waals surface area contributed by atoms with Gasteiger partial charge in [-0.2, -0.15) is 18.2 Å². The van der Waals surface area contributed by atoms with Crippen LogP contribution in [-0.2, 0) is 6.18 Å². The van der Waals surface area contributed by atoms with Crippen molar-refractivity contribution in [1.82, 2.24) is 15.0 Å². The molecule has 1 aromatic carbocycles. The number of pyridine rings is 1. The average molecular weight is 387 g/mol. The molecule has 146 valence electrons. The normalized spacial score (nSPS) is 11.5. The van der Waals surface area contributed by atoms with Gasteiger partial charge in [-0.3, -0.25) is 4.98 Å². The lowest BCUT2D eigenvalue weighted by atomic mass is 10.1. The van der Waals surface area contributed by atoms with Gasteiger partial charge >= 0.3 is 6.18 Å². The first kappa shape index (κ1) is 19.6. The minimum atomic E-state index is -4.42. The third-order valence-corrected chi connectivity index (χ3v) is 3.92. The fourth-order valence-corrected chi connectivity index (χ4v) is 2.65. The van der Waals surface area contributed by atoms with E-state index in [2.05, 4.69) is 25.6 Å². The lowest BCUT2D eigenvalue weighted by Gasteiger charge is -2.15. The van der Waals surface area contributed by atoms with Crippen LogP contribution in [-0.4, -0.2) is 21.0 Å². The third kappa shape index (κ3) is 4.76. The SMILES string of the molecule is Cc1ccc(Nc2cc(-c3cccnc3)nc(NC(C)C)n2)cc1C(F)(F)F. The van der Waals surface area contributed by atoms with Gasteiger partial charge in [-0.05, 0) is 50.6 Å². The van der Waals surface area contributed by atoms with Gasteiger partial charge in [0.1, 0.15) is 5.82 Å². The van der Waals surface area contributed by atoms with Crippen LogP contribution in [0.25, 0.3) is 11.3 Å². The Morgan fingerprint density at radius 1 is 1.04 bits per heavy atom. The maximum absolute atomic E-state index is 13.2. The van der Waals surface area contributed by atoms with E-state index < -0.39 is 11.7 Å². The molecule has 0 saturated carbocycles. The summed E-state index contributed by atoms with van der Waals surface area (Å²) >= 11 is 0. The molecule has 0 unspecified atom stereocenters. The molecule has 0 saturated heterocycles. The van der Waals surface area contributed by atoms with E-state index in [4.69, 9.17) is 0 Å². The Labute approximate surface area is 161 Å². The van der Waals surface area contributed by atoms with E-state index in [0.717, 1.165) is 11.6 Å². The quantitative estimate of drug-likeness (QED) is 0.611. The Morgan fingerprint density at radius 2 is 1.82 bits per heavy atom. The number of hydrogen-bond donors (Lipinski definition) is 2. The molecule has 0 radical (unpaired) electrons. The van der Waals surface area contributed by atoms with Crippen LogP contribution in [0.3, 0.4) is 0 Å². The van der Waals surface area contributed by atoms with Gasteiger partial charge in [-0.1, -0.05) is 6.07 Å². The van der Waals surface area contributed by atoms with Crippen molar-refractivity contribution >= 4 is 17.5 Å². The molecule has 3 rings (SSSR count). The van der Waals surface area contributed by atoms with Crippen LogP contribution in [0.2, 0.25) is 0 Å². The number of nitrogens with zero attached hydrogens (tertiary/aromatic N) is 3. The summed E-state index contributed by atoms with van der Waals surface area (Å²) in [5, 5.41) is 6.08. The molecule has 0 spiro atoms. The summed E-state index contributed by atoms with van der Waals surface area (Å²) in [6, 6.07) is 9.51. The Bertz CT molecular complexity index is 956. The Balaban J connectivity index is 1.99. The van der Waals surface area contributed by atoms with Crippen molar-refractivity contribution in [3.63, 3.8) is 0 Å². The Kier molecular flexibility index (Phi) is 5.48. The smallest absolute Gasteiger partial charge is 0.352 e. The number of benzene rings is 1. The number of aryl methyl sites for hydroxylation is 1. The zero-order chi connectivity index (χ0) is 20.3. The number of alkyl halides is 3. The molecule has 2 aromatic heterocycles. The lowest BCUT2D eigenvalue weighted by molar-refractivity contribution is -0.138. The monoisotopic (exact) mass is 387 g/mol. The van der Waals surface area contributed by atoms with Crippen LogP contribution in [0.4, 0.5) is 30.6 Å². The largest absolute Gasteiger partial charge is 0.416 e. The predicted molar refractivity (Wildman–Crippen MR) is 103 cm³/mol. The number of aromatic nitrogens is 3. The van der Waals surface area contributed by atoms with Gasteiger partial charge in [0.2, 0.25) is 5.95 Å². The standard InChI is InChI=1S/C20H20F3N5/c1-12(2)25-19-27-17(14-5-4-8-24-11-14)10-18(28-19)26-15-7-6-13(3)16(9-15)20(21,22)23/h4-12H,1-3H3,(H2,25,26,27,28). The number of nitrogens with one attached hydrogen (secondary N) is 2. The summed E-state index contributed by atoms with van der Waals surface area (Å²) in [5.41, 5.74) is 1.17. The van der Waals surface area contributed by atoms with Crippen molar-refractivity contribution in [1.29, 1.82) is 0 Å². The van der Waals surface area contributed by atoms with Gasteiger partial charge in [0.25, 0.3) is 0 Å². The lowest BCUT2D eigenvalue weighted by Crippen LogP contribution is -2.13. The fourth-order valence-electron chi connectivity index (χ4n) is 2.65. The van der Waals surface area contributed by atoms with Crippen molar-refractivity contribution in [2.45, 2.75) is 33.0 Å². The molecular weight excluding hydrogens is 367 g/mol. The Morgan fingerprint density at radius 3 is 2.46 bits per heavy atom.